The van der Waals surface area contributed by atoms with Gasteiger partial charge in [-0.25, -0.2) is 14.1 Å². The van der Waals surface area contributed by atoms with Crippen LogP contribution in [0.25, 0.3) is 6.08 Å². The molecule has 108 valence electrons. The van der Waals surface area contributed by atoms with Gasteiger partial charge in [-0.2, -0.15) is 10.4 Å². The molecule has 4 nitrogen and oxygen atoms in total. The highest BCUT2D eigenvalue weighted by atomic mass is 19.1. The van der Waals surface area contributed by atoms with Gasteiger partial charge in [-0.1, -0.05) is 44.2 Å². The van der Waals surface area contributed by atoms with Crippen molar-refractivity contribution < 1.29 is 4.39 Å². The average molecular weight is 284 g/mol. The summed E-state index contributed by atoms with van der Waals surface area (Å²) in [5, 5.41) is 12.7. The Labute approximate surface area is 123 Å². The lowest BCUT2D eigenvalue weighted by atomic mass is 10.0. The van der Waals surface area contributed by atoms with Crippen LogP contribution in [-0.2, 0) is 0 Å². The fourth-order valence-electron chi connectivity index (χ4n) is 2.33. The number of hydrogen-bond donors (Lipinski definition) is 0. The molecule has 2 atom stereocenters. The topological polar surface area (TPSA) is 54.5 Å². The predicted molar refractivity (Wildman–Crippen MR) is 79.1 cm³/mol. The first-order valence-electron chi connectivity index (χ1n) is 7.01. The molecule has 1 aromatic carbocycles. The average Bonchev–Trinajstić information content (AvgIpc) is 3.08. The van der Waals surface area contributed by atoms with Gasteiger partial charge in [-0.05, 0) is 11.6 Å². The predicted octanol–water partition coefficient (Wildman–Crippen LogP) is 3.84. The van der Waals surface area contributed by atoms with Gasteiger partial charge < -0.3 is 0 Å². The molecule has 0 saturated heterocycles. The number of allylic oxidation sites excluding steroid dienone is 1. The molecule has 5 heteroatoms. The molecule has 0 fully saturated rings. The second-order valence-electron chi connectivity index (χ2n) is 4.36. The van der Waals surface area contributed by atoms with Crippen molar-refractivity contribution in [3.05, 3.63) is 53.6 Å². The molecular weight excluding hydrogens is 267 g/mol. The fourth-order valence-corrected chi connectivity index (χ4v) is 2.33. The Morgan fingerprint density at radius 3 is 2.71 bits per heavy atom. The fraction of sp³-hybridized carbons (Fsp3) is 0.312. The number of nitriles is 1. The zero-order valence-electron chi connectivity index (χ0n) is 12.1. The Balaban J connectivity index is 0.000000774. The molecule has 3 rings (SSSR count). The molecule has 1 aliphatic rings. The van der Waals surface area contributed by atoms with E-state index in [0.29, 0.717) is 18.1 Å². The third-order valence-electron chi connectivity index (χ3n) is 3.17. The number of nitrogens with zero attached hydrogens (tertiary/aromatic N) is 4. The molecule has 0 aliphatic carbocycles. The lowest BCUT2D eigenvalue weighted by Crippen LogP contribution is -2.07. The van der Waals surface area contributed by atoms with Crippen LogP contribution in [0.2, 0.25) is 0 Å². The normalized spacial score (nSPS) is 19.7. The number of fused-ring (bicyclic) bond motifs is 1. The van der Waals surface area contributed by atoms with E-state index in [2.05, 4.69) is 10.1 Å². The smallest absolute Gasteiger partial charge is 0.175 e. The van der Waals surface area contributed by atoms with Gasteiger partial charge >= 0.3 is 0 Å². The van der Waals surface area contributed by atoms with Crippen LogP contribution in [0.1, 0.15) is 49.7 Å². The minimum absolute atomic E-state index is 0.122. The lowest BCUT2D eigenvalue weighted by molar-refractivity contribution is 0.328. The molecule has 1 aromatic heterocycles. The van der Waals surface area contributed by atoms with Crippen LogP contribution in [0.3, 0.4) is 0 Å². The van der Waals surface area contributed by atoms with E-state index in [9.17, 15) is 4.39 Å². The number of aromatic nitrogens is 3. The molecule has 0 bridgehead atoms. The highest BCUT2D eigenvalue weighted by Gasteiger charge is 2.34. The highest BCUT2D eigenvalue weighted by Crippen LogP contribution is 2.39. The van der Waals surface area contributed by atoms with E-state index >= 15 is 0 Å². The van der Waals surface area contributed by atoms with Crippen molar-refractivity contribution in [3.8, 4) is 6.07 Å². The Bertz CT molecular complexity index is 655. The summed E-state index contributed by atoms with van der Waals surface area (Å²) in [5.74, 6) is 0.714. The maximum atomic E-state index is 14.0. The molecule has 21 heavy (non-hydrogen) atoms. The Morgan fingerprint density at radius 1 is 1.33 bits per heavy atom. The third-order valence-corrected chi connectivity index (χ3v) is 3.17. The van der Waals surface area contributed by atoms with Crippen LogP contribution in [-0.4, -0.2) is 14.8 Å². The van der Waals surface area contributed by atoms with Gasteiger partial charge in [0.1, 0.15) is 0 Å². The molecule has 2 heterocycles. The van der Waals surface area contributed by atoms with E-state index in [4.69, 9.17) is 5.26 Å². The van der Waals surface area contributed by atoms with Gasteiger partial charge in [-0.15, -0.1) is 0 Å². The number of benzene rings is 1. The third kappa shape index (κ3) is 3.00. The van der Waals surface area contributed by atoms with Crippen molar-refractivity contribution >= 4 is 6.08 Å². The molecule has 2 unspecified atom stereocenters. The van der Waals surface area contributed by atoms with E-state index in [1.807, 2.05) is 50.2 Å². The summed E-state index contributed by atoms with van der Waals surface area (Å²) in [4.78, 5) is 4.12. The van der Waals surface area contributed by atoms with Crippen LogP contribution in [0, 0.1) is 11.3 Å². The van der Waals surface area contributed by atoms with Crippen LogP contribution < -0.4 is 0 Å². The van der Waals surface area contributed by atoms with Crippen LogP contribution >= 0.6 is 0 Å². The van der Waals surface area contributed by atoms with Gasteiger partial charge in [0.05, 0.1) is 12.1 Å². The van der Waals surface area contributed by atoms with Crippen molar-refractivity contribution in [2.24, 2.45) is 0 Å². The van der Waals surface area contributed by atoms with E-state index in [1.54, 1.807) is 4.68 Å². The molecule has 1 aliphatic heterocycles. The molecule has 0 amide bonds. The summed E-state index contributed by atoms with van der Waals surface area (Å²) in [6.45, 7) is 4.00. The SMILES string of the molecule is CC.N#C/C=C\c1nc2n(n1)C(c1ccccc1)CC2F. The standard InChI is InChI=1S/C14H11FN4.C2H6/c15-11-9-12(10-5-2-1-3-6-10)19-14(11)17-13(18-19)7-4-8-16;1-2/h1-7,11-12H,9H2;1-2H3/b7-4-;. The van der Waals surface area contributed by atoms with Crippen LogP contribution in [0.5, 0.6) is 0 Å². The van der Waals surface area contributed by atoms with E-state index in [1.165, 1.54) is 12.2 Å². The first-order chi connectivity index (χ1) is 10.3. The number of rotatable bonds is 2. The molecule has 0 radical (unpaired) electrons. The highest BCUT2D eigenvalue weighted by molar-refractivity contribution is 5.43. The maximum Gasteiger partial charge on any atom is 0.175 e. The van der Waals surface area contributed by atoms with Crippen LogP contribution in [0.4, 0.5) is 4.39 Å². The van der Waals surface area contributed by atoms with Gasteiger partial charge in [0.15, 0.2) is 17.8 Å². The monoisotopic (exact) mass is 284 g/mol. The Kier molecular flexibility index (Phi) is 4.83. The summed E-state index contributed by atoms with van der Waals surface area (Å²) >= 11 is 0. The molecule has 0 spiro atoms. The number of halogens is 1. The number of alkyl halides is 1. The second-order valence-corrected chi connectivity index (χ2v) is 4.36. The quantitative estimate of drug-likeness (QED) is 0.787. The molecule has 2 aromatic rings. The van der Waals surface area contributed by atoms with Gasteiger partial charge in [-0.3, -0.25) is 0 Å². The first-order valence-corrected chi connectivity index (χ1v) is 7.01. The summed E-state index contributed by atoms with van der Waals surface area (Å²) in [5.41, 5.74) is 1.02. The van der Waals surface area contributed by atoms with Gasteiger partial charge in [0.2, 0.25) is 0 Å². The second kappa shape index (κ2) is 6.80. The van der Waals surface area contributed by atoms with Gasteiger partial charge in [0, 0.05) is 12.5 Å². The Morgan fingerprint density at radius 2 is 2.05 bits per heavy atom. The number of hydrogen-bond acceptors (Lipinski definition) is 3. The van der Waals surface area contributed by atoms with Crippen LogP contribution in [0.15, 0.2) is 36.4 Å². The zero-order chi connectivity index (χ0) is 15.2. The van der Waals surface area contributed by atoms with E-state index < -0.39 is 6.17 Å². The van der Waals surface area contributed by atoms with Crippen molar-refractivity contribution in [3.63, 3.8) is 0 Å². The minimum atomic E-state index is -1.11. The van der Waals surface area contributed by atoms with Crippen molar-refractivity contribution in [2.75, 3.05) is 0 Å². The molecule has 0 saturated carbocycles. The molecular formula is C16H17FN4. The summed E-state index contributed by atoms with van der Waals surface area (Å²) < 4.78 is 15.6. The first kappa shape index (κ1) is 14.9. The Hall–Kier alpha value is -2.48. The largest absolute Gasteiger partial charge is 0.239 e. The van der Waals surface area contributed by atoms with Crippen molar-refractivity contribution in [2.45, 2.75) is 32.5 Å². The van der Waals surface area contributed by atoms with Crippen molar-refractivity contribution in [1.82, 2.24) is 14.8 Å². The minimum Gasteiger partial charge on any atom is -0.239 e. The van der Waals surface area contributed by atoms with E-state index in [0.717, 1.165) is 5.56 Å². The van der Waals surface area contributed by atoms with Crippen molar-refractivity contribution in [1.29, 1.82) is 5.26 Å². The summed E-state index contributed by atoms with van der Waals surface area (Å²) in [6.07, 6.45) is 2.03. The maximum absolute atomic E-state index is 14.0. The summed E-state index contributed by atoms with van der Waals surface area (Å²) in [7, 11) is 0. The summed E-state index contributed by atoms with van der Waals surface area (Å²) in [6, 6.07) is 11.4. The molecule has 0 N–H and O–H groups in total. The zero-order valence-corrected chi connectivity index (χ0v) is 12.1. The van der Waals surface area contributed by atoms with E-state index in [-0.39, 0.29) is 6.04 Å². The lowest BCUT2D eigenvalue weighted by Gasteiger charge is -2.11. The van der Waals surface area contributed by atoms with Gasteiger partial charge in [0.25, 0.3) is 0 Å².